The van der Waals surface area contributed by atoms with Gasteiger partial charge < -0.3 is 14.4 Å². The van der Waals surface area contributed by atoms with Gasteiger partial charge in [0.1, 0.15) is 0 Å². The van der Waals surface area contributed by atoms with E-state index < -0.39 is 0 Å². The zero-order valence-corrected chi connectivity index (χ0v) is 18.0. The summed E-state index contributed by atoms with van der Waals surface area (Å²) in [4.78, 5) is 17.2. The quantitative estimate of drug-likeness (QED) is 0.747. The number of halogens is 1. The summed E-state index contributed by atoms with van der Waals surface area (Å²) in [5.41, 5.74) is 2.71. The lowest BCUT2D eigenvalue weighted by Gasteiger charge is -2.28. The molecule has 0 spiro atoms. The molecule has 29 heavy (non-hydrogen) atoms. The van der Waals surface area contributed by atoms with Gasteiger partial charge in [-0.25, -0.2) is 0 Å². The minimum Gasteiger partial charge on any atom is -0.493 e. The van der Waals surface area contributed by atoms with Gasteiger partial charge in [-0.15, -0.1) is 12.4 Å². The number of benzene rings is 2. The Balaban J connectivity index is 0.00000240. The number of hydrogen-bond donors (Lipinski definition) is 0. The summed E-state index contributed by atoms with van der Waals surface area (Å²) in [6.45, 7) is 4.86. The van der Waals surface area contributed by atoms with Crippen molar-refractivity contribution in [2.75, 3.05) is 40.4 Å². The van der Waals surface area contributed by atoms with Crippen LogP contribution in [0.3, 0.4) is 0 Å². The Morgan fingerprint density at radius 1 is 1.03 bits per heavy atom. The molecule has 2 aromatic carbocycles. The summed E-state index contributed by atoms with van der Waals surface area (Å²) in [7, 11) is 3.81. The van der Waals surface area contributed by atoms with Crippen LogP contribution in [0.1, 0.15) is 17.2 Å². The molecule has 2 aromatic rings. The molecule has 6 heteroatoms. The Morgan fingerprint density at radius 2 is 1.72 bits per heavy atom. The number of likely N-dealkylation sites (tertiary alicyclic amines) is 2. The van der Waals surface area contributed by atoms with Gasteiger partial charge in [-0.2, -0.15) is 0 Å². The fourth-order valence-electron chi connectivity index (χ4n) is 4.82. The molecule has 4 rings (SSSR count). The van der Waals surface area contributed by atoms with Crippen LogP contribution in [0, 0.1) is 18.8 Å². The standard InChI is InChI=1S/C23H28N2O3.ClH/c1-16-8-4-5-9-18(16)23-19-14-25(13-17(19)12-24(23)2)22(26)15-28-21-11-7-6-10-20(21)27-3;/h4-11,17,19,23H,12-15H2,1-3H3;1H/t17-,19+,23-;/m0./s1. The lowest BCUT2D eigenvalue weighted by molar-refractivity contribution is -0.132. The molecule has 3 atom stereocenters. The van der Waals surface area contributed by atoms with E-state index in [-0.39, 0.29) is 24.9 Å². The smallest absolute Gasteiger partial charge is 0.260 e. The second-order valence-electron chi connectivity index (χ2n) is 7.90. The maximum absolute atomic E-state index is 12.8. The van der Waals surface area contributed by atoms with Crippen LogP contribution in [0.25, 0.3) is 0 Å². The highest BCUT2D eigenvalue weighted by Crippen LogP contribution is 2.44. The molecule has 5 nitrogen and oxygen atoms in total. The van der Waals surface area contributed by atoms with Gasteiger partial charge in [-0.1, -0.05) is 36.4 Å². The molecule has 1 amide bonds. The fourth-order valence-corrected chi connectivity index (χ4v) is 4.82. The van der Waals surface area contributed by atoms with Crippen LogP contribution in [0.15, 0.2) is 48.5 Å². The molecule has 0 N–H and O–H groups in total. The molecule has 0 radical (unpaired) electrons. The van der Waals surface area contributed by atoms with Crippen LogP contribution in [0.2, 0.25) is 0 Å². The van der Waals surface area contributed by atoms with Crippen molar-refractivity contribution in [3.05, 3.63) is 59.7 Å². The summed E-state index contributed by atoms with van der Waals surface area (Å²) >= 11 is 0. The molecular weight excluding hydrogens is 388 g/mol. The summed E-state index contributed by atoms with van der Waals surface area (Å²) in [6, 6.07) is 16.4. The lowest BCUT2D eigenvalue weighted by atomic mass is 9.88. The third-order valence-electron chi connectivity index (χ3n) is 6.17. The highest BCUT2D eigenvalue weighted by molar-refractivity contribution is 5.85. The van der Waals surface area contributed by atoms with Crippen molar-refractivity contribution in [1.82, 2.24) is 9.80 Å². The van der Waals surface area contributed by atoms with E-state index in [1.807, 2.05) is 29.2 Å². The Hall–Kier alpha value is -2.24. The number of fused-ring (bicyclic) bond motifs is 1. The molecule has 156 valence electrons. The average Bonchev–Trinajstić information content (AvgIpc) is 3.24. The van der Waals surface area contributed by atoms with E-state index in [0.29, 0.717) is 29.4 Å². The van der Waals surface area contributed by atoms with Gasteiger partial charge in [0, 0.05) is 31.6 Å². The fraction of sp³-hybridized carbons (Fsp3) is 0.435. The Morgan fingerprint density at radius 3 is 2.45 bits per heavy atom. The van der Waals surface area contributed by atoms with Gasteiger partial charge in [-0.05, 0) is 43.1 Å². The number of hydrogen-bond acceptors (Lipinski definition) is 4. The van der Waals surface area contributed by atoms with E-state index >= 15 is 0 Å². The lowest BCUT2D eigenvalue weighted by Crippen LogP contribution is -2.36. The van der Waals surface area contributed by atoms with Crippen LogP contribution >= 0.6 is 12.4 Å². The molecule has 0 unspecified atom stereocenters. The molecule has 0 saturated carbocycles. The minimum absolute atomic E-state index is 0. The van der Waals surface area contributed by atoms with Gasteiger partial charge in [0.2, 0.25) is 0 Å². The topological polar surface area (TPSA) is 42.0 Å². The van der Waals surface area contributed by atoms with Crippen molar-refractivity contribution in [3.8, 4) is 11.5 Å². The largest absolute Gasteiger partial charge is 0.493 e. The van der Waals surface area contributed by atoms with Crippen LogP contribution in [0.4, 0.5) is 0 Å². The molecule has 2 fully saturated rings. The normalized spacial score (nSPS) is 23.4. The summed E-state index contributed by atoms with van der Waals surface area (Å²) < 4.78 is 11.0. The summed E-state index contributed by atoms with van der Waals surface area (Å²) in [5.74, 6) is 2.29. The number of ether oxygens (including phenoxy) is 2. The van der Waals surface area contributed by atoms with Crippen LogP contribution in [-0.4, -0.2) is 56.1 Å². The number of rotatable bonds is 5. The maximum Gasteiger partial charge on any atom is 0.260 e. The molecule has 0 aromatic heterocycles. The zero-order valence-electron chi connectivity index (χ0n) is 17.2. The molecular formula is C23H29ClN2O3. The van der Waals surface area contributed by atoms with E-state index in [4.69, 9.17) is 9.47 Å². The third kappa shape index (κ3) is 4.21. The first-order valence-corrected chi connectivity index (χ1v) is 9.88. The highest BCUT2D eigenvalue weighted by atomic mass is 35.5. The molecule has 2 heterocycles. The molecule has 2 aliphatic rings. The molecule has 2 aliphatic heterocycles. The Bertz CT molecular complexity index is 860. The van der Waals surface area contributed by atoms with E-state index in [1.54, 1.807) is 7.11 Å². The summed E-state index contributed by atoms with van der Waals surface area (Å²) in [5, 5.41) is 0. The first-order valence-electron chi connectivity index (χ1n) is 9.88. The third-order valence-corrected chi connectivity index (χ3v) is 6.17. The Labute approximate surface area is 179 Å². The average molecular weight is 417 g/mol. The van der Waals surface area contributed by atoms with Crippen molar-refractivity contribution in [3.63, 3.8) is 0 Å². The zero-order chi connectivity index (χ0) is 19.7. The van der Waals surface area contributed by atoms with Gasteiger partial charge >= 0.3 is 0 Å². The number of aryl methyl sites for hydroxylation is 1. The van der Waals surface area contributed by atoms with Crippen LogP contribution < -0.4 is 9.47 Å². The number of nitrogens with zero attached hydrogens (tertiary/aromatic N) is 2. The maximum atomic E-state index is 12.8. The van der Waals surface area contributed by atoms with E-state index in [1.165, 1.54) is 11.1 Å². The molecule has 2 saturated heterocycles. The van der Waals surface area contributed by atoms with Crippen LogP contribution in [0.5, 0.6) is 11.5 Å². The van der Waals surface area contributed by atoms with Crippen molar-refractivity contribution in [2.45, 2.75) is 13.0 Å². The molecule has 0 aliphatic carbocycles. The van der Waals surface area contributed by atoms with Crippen molar-refractivity contribution in [1.29, 1.82) is 0 Å². The minimum atomic E-state index is 0. The number of methoxy groups -OCH3 is 1. The predicted octanol–water partition coefficient (Wildman–Crippen LogP) is 3.57. The second kappa shape index (κ2) is 9.06. The van der Waals surface area contributed by atoms with Crippen molar-refractivity contribution >= 4 is 18.3 Å². The number of para-hydroxylation sites is 2. The highest BCUT2D eigenvalue weighted by Gasteiger charge is 2.47. The molecule has 0 bridgehead atoms. The number of carbonyl (C=O) groups is 1. The van der Waals surface area contributed by atoms with E-state index in [0.717, 1.165) is 19.6 Å². The number of amides is 1. The van der Waals surface area contributed by atoms with E-state index in [9.17, 15) is 4.79 Å². The number of carbonyl (C=O) groups excluding carboxylic acids is 1. The predicted molar refractivity (Wildman–Crippen MR) is 116 cm³/mol. The van der Waals surface area contributed by atoms with Gasteiger partial charge in [0.25, 0.3) is 5.91 Å². The second-order valence-corrected chi connectivity index (χ2v) is 7.90. The Kier molecular flexibility index (Phi) is 6.70. The monoisotopic (exact) mass is 416 g/mol. The first-order chi connectivity index (χ1) is 13.6. The van der Waals surface area contributed by atoms with E-state index in [2.05, 4.69) is 43.1 Å². The SMILES string of the molecule is COc1ccccc1OCC(=O)N1C[C@@H]2CN(C)[C@@H](c3ccccc3C)[C@@H]2C1.Cl. The van der Waals surface area contributed by atoms with Crippen molar-refractivity contribution in [2.24, 2.45) is 11.8 Å². The first kappa shape index (κ1) is 21.5. The summed E-state index contributed by atoms with van der Waals surface area (Å²) in [6.07, 6.45) is 0. The van der Waals surface area contributed by atoms with Gasteiger partial charge in [-0.3, -0.25) is 9.69 Å². The van der Waals surface area contributed by atoms with Gasteiger partial charge in [0.05, 0.1) is 7.11 Å². The van der Waals surface area contributed by atoms with Crippen molar-refractivity contribution < 1.29 is 14.3 Å². The van der Waals surface area contributed by atoms with Gasteiger partial charge in [0.15, 0.2) is 18.1 Å². The van der Waals surface area contributed by atoms with Crippen LogP contribution in [-0.2, 0) is 4.79 Å².